The maximum absolute atomic E-state index is 4.78. The van der Waals surface area contributed by atoms with Crippen molar-refractivity contribution in [3.63, 3.8) is 0 Å². The van der Waals surface area contributed by atoms with Crippen molar-refractivity contribution < 1.29 is 0 Å². The highest BCUT2D eigenvalue weighted by Gasteiger charge is 2.15. The number of likely N-dealkylation sites (N-methyl/N-ethyl adjacent to an activating group) is 1. The summed E-state index contributed by atoms with van der Waals surface area (Å²) >= 11 is 0. The molecule has 1 aliphatic heterocycles. The molecule has 0 radical (unpaired) electrons. The number of hydrogen-bond donors (Lipinski definition) is 2. The van der Waals surface area contributed by atoms with E-state index >= 15 is 0 Å². The first kappa shape index (κ1) is 19.7. The van der Waals surface area contributed by atoms with Gasteiger partial charge >= 0.3 is 0 Å². The average molecular weight is 346 g/mol. The van der Waals surface area contributed by atoms with E-state index in [0.717, 1.165) is 38.6 Å². The summed E-state index contributed by atoms with van der Waals surface area (Å²) in [4.78, 5) is 9.75. The van der Waals surface area contributed by atoms with E-state index in [1.165, 1.54) is 31.7 Å². The quantitative estimate of drug-likeness (QED) is 0.556. The summed E-state index contributed by atoms with van der Waals surface area (Å²) in [7, 11) is 2.20. The zero-order chi connectivity index (χ0) is 17.9. The van der Waals surface area contributed by atoms with E-state index in [2.05, 4.69) is 71.7 Å². The smallest absolute Gasteiger partial charge is 0.191 e. The normalized spacial score (nSPS) is 18.1. The van der Waals surface area contributed by atoms with Gasteiger partial charge in [-0.1, -0.05) is 37.3 Å². The summed E-state index contributed by atoms with van der Waals surface area (Å²) in [6.45, 7) is 12.9. The highest BCUT2D eigenvalue weighted by atomic mass is 15.2. The lowest BCUT2D eigenvalue weighted by Crippen LogP contribution is -2.46. The molecule has 1 unspecified atom stereocenters. The van der Waals surface area contributed by atoms with Crippen LogP contribution in [0.3, 0.4) is 0 Å². The Bertz CT molecular complexity index is 494. The molecule has 25 heavy (non-hydrogen) atoms. The van der Waals surface area contributed by atoms with Gasteiger partial charge in [0, 0.05) is 52.4 Å². The van der Waals surface area contributed by atoms with Crippen molar-refractivity contribution in [2.75, 3.05) is 59.4 Å². The number of nitrogens with one attached hydrogen (secondary N) is 2. The van der Waals surface area contributed by atoms with Gasteiger partial charge in [0.2, 0.25) is 0 Å². The van der Waals surface area contributed by atoms with Gasteiger partial charge in [0.15, 0.2) is 5.96 Å². The molecule has 2 N–H and O–H groups in total. The van der Waals surface area contributed by atoms with Gasteiger partial charge in [-0.25, -0.2) is 0 Å². The Morgan fingerprint density at radius 1 is 1.12 bits per heavy atom. The lowest BCUT2D eigenvalue weighted by atomic mass is 10.1. The van der Waals surface area contributed by atoms with Crippen molar-refractivity contribution in [2.24, 2.45) is 10.9 Å². The lowest BCUT2D eigenvalue weighted by molar-refractivity contribution is 0.140. The highest BCUT2D eigenvalue weighted by molar-refractivity contribution is 5.79. The maximum Gasteiger partial charge on any atom is 0.191 e. The molecule has 140 valence electrons. The molecule has 1 aromatic carbocycles. The van der Waals surface area contributed by atoms with Gasteiger partial charge in [-0.05, 0) is 31.9 Å². The number of nitrogens with zero attached hydrogens (tertiary/aromatic N) is 3. The summed E-state index contributed by atoms with van der Waals surface area (Å²) in [5.74, 6) is 1.51. The Labute approximate surface area is 153 Å². The zero-order valence-corrected chi connectivity index (χ0v) is 16.2. The summed E-state index contributed by atoms with van der Waals surface area (Å²) in [6, 6.07) is 10.6. The van der Waals surface area contributed by atoms with Gasteiger partial charge in [-0.3, -0.25) is 4.99 Å². The zero-order valence-electron chi connectivity index (χ0n) is 16.2. The SMILES string of the molecule is CCNC(=NCC(C)CN1CCN(C)CC1)NCCc1ccccc1. The third-order valence-electron chi connectivity index (χ3n) is 4.62. The van der Waals surface area contributed by atoms with Crippen molar-refractivity contribution in [1.82, 2.24) is 20.4 Å². The van der Waals surface area contributed by atoms with Crippen molar-refractivity contribution in [2.45, 2.75) is 20.3 Å². The topological polar surface area (TPSA) is 42.9 Å². The van der Waals surface area contributed by atoms with Crippen LogP contribution >= 0.6 is 0 Å². The first-order valence-corrected chi connectivity index (χ1v) is 9.64. The molecular formula is C20H35N5. The molecule has 0 amide bonds. The van der Waals surface area contributed by atoms with Crippen LogP contribution in [0, 0.1) is 5.92 Å². The molecule has 2 rings (SSSR count). The number of benzene rings is 1. The molecule has 1 atom stereocenters. The summed E-state index contributed by atoms with van der Waals surface area (Å²) in [5, 5.41) is 6.80. The van der Waals surface area contributed by atoms with Crippen LogP contribution in [0.4, 0.5) is 0 Å². The minimum absolute atomic E-state index is 0.577. The molecule has 1 aromatic rings. The van der Waals surface area contributed by atoms with Gasteiger partial charge in [0.05, 0.1) is 0 Å². The number of aliphatic imine (C=N–C) groups is 1. The molecule has 5 nitrogen and oxygen atoms in total. The summed E-state index contributed by atoms with van der Waals surface area (Å²) in [5.41, 5.74) is 1.36. The van der Waals surface area contributed by atoms with Crippen molar-refractivity contribution in [1.29, 1.82) is 0 Å². The third-order valence-corrected chi connectivity index (χ3v) is 4.62. The van der Waals surface area contributed by atoms with Crippen LogP contribution in [-0.2, 0) is 6.42 Å². The van der Waals surface area contributed by atoms with Crippen LogP contribution in [0.5, 0.6) is 0 Å². The molecule has 0 saturated carbocycles. The molecule has 1 saturated heterocycles. The van der Waals surface area contributed by atoms with E-state index in [1.54, 1.807) is 0 Å². The van der Waals surface area contributed by atoms with Crippen LogP contribution < -0.4 is 10.6 Å². The van der Waals surface area contributed by atoms with Gasteiger partial charge in [-0.2, -0.15) is 0 Å². The van der Waals surface area contributed by atoms with Gasteiger partial charge in [0.1, 0.15) is 0 Å². The second kappa shape index (κ2) is 11.1. The standard InChI is InChI=1S/C20H35N5/c1-4-21-20(22-11-10-19-8-6-5-7-9-19)23-16-18(2)17-25-14-12-24(3)13-15-25/h5-9,18H,4,10-17H2,1-3H3,(H2,21,22,23). The Morgan fingerprint density at radius 3 is 2.52 bits per heavy atom. The first-order valence-electron chi connectivity index (χ1n) is 9.64. The van der Waals surface area contributed by atoms with Crippen LogP contribution in [0.2, 0.25) is 0 Å². The van der Waals surface area contributed by atoms with Gasteiger partial charge in [-0.15, -0.1) is 0 Å². The first-order chi connectivity index (χ1) is 12.2. The fourth-order valence-corrected chi connectivity index (χ4v) is 3.09. The maximum atomic E-state index is 4.78. The molecule has 1 aliphatic rings. The van der Waals surface area contributed by atoms with Crippen LogP contribution in [0.15, 0.2) is 35.3 Å². The summed E-state index contributed by atoms with van der Waals surface area (Å²) in [6.07, 6.45) is 1.02. The van der Waals surface area contributed by atoms with E-state index in [0.29, 0.717) is 5.92 Å². The Hall–Kier alpha value is -1.59. The fourth-order valence-electron chi connectivity index (χ4n) is 3.09. The highest BCUT2D eigenvalue weighted by Crippen LogP contribution is 2.05. The minimum Gasteiger partial charge on any atom is -0.357 e. The number of piperazine rings is 1. The second-order valence-corrected chi connectivity index (χ2v) is 7.09. The van der Waals surface area contributed by atoms with Crippen LogP contribution in [0.1, 0.15) is 19.4 Å². The molecule has 1 heterocycles. The molecular weight excluding hydrogens is 310 g/mol. The Balaban J connectivity index is 1.72. The third kappa shape index (κ3) is 7.88. The van der Waals surface area contributed by atoms with Crippen LogP contribution in [-0.4, -0.2) is 75.2 Å². The largest absolute Gasteiger partial charge is 0.357 e. The number of guanidine groups is 1. The van der Waals surface area contributed by atoms with Gasteiger partial charge < -0.3 is 20.4 Å². The van der Waals surface area contributed by atoms with Crippen molar-refractivity contribution in [3.05, 3.63) is 35.9 Å². The minimum atomic E-state index is 0.577. The second-order valence-electron chi connectivity index (χ2n) is 7.09. The molecule has 0 spiro atoms. The molecule has 5 heteroatoms. The molecule has 0 aliphatic carbocycles. The van der Waals surface area contributed by atoms with E-state index in [1.807, 2.05) is 0 Å². The van der Waals surface area contributed by atoms with E-state index in [-0.39, 0.29) is 0 Å². The average Bonchev–Trinajstić information content (AvgIpc) is 2.62. The Morgan fingerprint density at radius 2 is 1.84 bits per heavy atom. The fraction of sp³-hybridized carbons (Fsp3) is 0.650. The van der Waals surface area contributed by atoms with E-state index in [9.17, 15) is 0 Å². The van der Waals surface area contributed by atoms with E-state index < -0.39 is 0 Å². The number of hydrogen-bond acceptors (Lipinski definition) is 3. The Kier molecular flexibility index (Phi) is 8.77. The number of rotatable bonds is 8. The molecule has 0 bridgehead atoms. The molecule has 1 fully saturated rings. The predicted molar refractivity (Wildman–Crippen MR) is 107 cm³/mol. The van der Waals surface area contributed by atoms with E-state index in [4.69, 9.17) is 4.99 Å². The predicted octanol–water partition coefficient (Wildman–Crippen LogP) is 1.67. The molecule has 0 aromatic heterocycles. The summed E-state index contributed by atoms with van der Waals surface area (Å²) < 4.78 is 0. The van der Waals surface area contributed by atoms with Crippen LogP contribution in [0.25, 0.3) is 0 Å². The van der Waals surface area contributed by atoms with Crippen molar-refractivity contribution in [3.8, 4) is 0 Å². The monoisotopic (exact) mass is 345 g/mol. The lowest BCUT2D eigenvalue weighted by Gasteiger charge is -2.33. The van der Waals surface area contributed by atoms with Gasteiger partial charge in [0.25, 0.3) is 0 Å². The van der Waals surface area contributed by atoms with Crippen molar-refractivity contribution >= 4 is 5.96 Å².